The third-order valence-electron chi connectivity index (χ3n) is 3.53. The number of nitrogens with zero attached hydrogens (tertiary/aromatic N) is 2. The molecule has 25 heavy (non-hydrogen) atoms. The molecule has 0 aliphatic carbocycles. The molecule has 6 heteroatoms. The molecule has 2 aromatic rings. The van der Waals surface area contributed by atoms with Crippen molar-refractivity contribution in [2.75, 3.05) is 13.1 Å². The molecule has 1 heterocycles. The Morgan fingerprint density at radius 3 is 2.48 bits per heavy atom. The highest BCUT2D eigenvalue weighted by Gasteiger charge is 2.23. The Labute approximate surface area is 146 Å². The van der Waals surface area contributed by atoms with Gasteiger partial charge >= 0.3 is 0 Å². The number of aromatic nitrogens is 1. The standard InChI is InChI=1S/C19H21N3O3/c1-4-11-22(12-5-2)19(24)14(3)20-18(23)16-13-17(25-21-16)15-9-7-6-8-10-15/h4-10,13-14H,1-2,11-12H2,3H3,(H,20,23). The predicted molar refractivity (Wildman–Crippen MR) is 95.8 cm³/mol. The van der Waals surface area contributed by atoms with Crippen molar-refractivity contribution in [3.8, 4) is 11.3 Å². The summed E-state index contributed by atoms with van der Waals surface area (Å²) in [5.41, 5.74) is 0.943. The molecule has 0 spiro atoms. The maximum Gasteiger partial charge on any atom is 0.274 e. The van der Waals surface area contributed by atoms with E-state index in [0.29, 0.717) is 18.8 Å². The minimum Gasteiger partial charge on any atom is -0.355 e. The van der Waals surface area contributed by atoms with Crippen molar-refractivity contribution in [3.63, 3.8) is 0 Å². The fourth-order valence-electron chi connectivity index (χ4n) is 2.29. The average molecular weight is 339 g/mol. The number of benzene rings is 1. The maximum absolute atomic E-state index is 12.4. The summed E-state index contributed by atoms with van der Waals surface area (Å²) in [5.74, 6) is -0.200. The van der Waals surface area contributed by atoms with E-state index in [2.05, 4.69) is 23.6 Å². The Balaban J connectivity index is 2.04. The monoisotopic (exact) mass is 339 g/mol. The number of hydrogen-bond acceptors (Lipinski definition) is 4. The number of hydrogen-bond donors (Lipinski definition) is 1. The van der Waals surface area contributed by atoms with E-state index in [1.54, 1.807) is 30.0 Å². The molecule has 0 aliphatic rings. The van der Waals surface area contributed by atoms with E-state index >= 15 is 0 Å². The molecule has 1 N–H and O–H groups in total. The number of carbonyl (C=O) groups is 2. The second-order valence-electron chi connectivity index (χ2n) is 5.46. The minimum absolute atomic E-state index is 0.123. The second kappa shape index (κ2) is 8.63. The first-order chi connectivity index (χ1) is 12.1. The Morgan fingerprint density at radius 2 is 1.88 bits per heavy atom. The van der Waals surface area contributed by atoms with Crippen LogP contribution in [0.15, 0.2) is 66.2 Å². The molecule has 2 amide bonds. The van der Waals surface area contributed by atoms with Gasteiger partial charge in [0.2, 0.25) is 5.91 Å². The highest BCUT2D eigenvalue weighted by atomic mass is 16.5. The van der Waals surface area contributed by atoms with Crippen molar-refractivity contribution in [2.24, 2.45) is 0 Å². The van der Waals surface area contributed by atoms with Gasteiger partial charge in [0.1, 0.15) is 6.04 Å². The van der Waals surface area contributed by atoms with Crippen molar-refractivity contribution >= 4 is 11.8 Å². The van der Waals surface area contributed by atoms with Crippen molar-refractivity contribution in [1.82, 2.24) is 15.4 Å². The van der Waals surface area contributed by atoms with Gasteiger partial charge in [0, 0.05) is 24.7 Å². The van der Waals surface area contributed by atoms with Gasteiger partial charge in [-0.15, -0.1) is 13.2 Å². The highest BCUT2D eigenvalue weighted by molar-refractivity contribution is 5.96. The molecule has 0 aliphatic heterocycles. The molecule has 2 rings (SSSR count). The summed E-state index contributed by atoms with van der Waals surface area (Å²) in [6.45, 7) is 9.64. The van der Waals surface area contributed by atoms with E-state index < -0.39 is 11.9 Å². The summed E-state index contributed by atoms with van der Waals surface area (Å²) < 4.78 is 5.21. The van der Waals surface area contributed by atoms with E-state index in [-0.39, 0.29) is 11.6 Å². The van der Waals surface area contributed by atoms with Crippen LogP contribution in [0.1, 0.15) is 17.4 Å². The van der Waals surface area contributed by atoms with Gasteiger partial charge in [0.25, 0.3) is 5.91 Å². The lowest BCUT2D eigenvalue weighted by atomic mass is 10.1. The fraction of sp³-hybridized carbons (Fsp3) is 0.211. The Kier molecular flexibility index (Phi) is 6.28. The van der Waals surface area contributed by atoms with Crippen LogP contribution in [0.2, 0.25) is 0 Å². The summed E-state index contributed by atoms with van der Waals surface area (Å²) in [6.07, 6.45) is 3.25. The van der Waals surface area contributed by atoms with E-state index in [1.165, 1.54) is 0 Å². The molecule has 1 aromatic heterocycles. The first-order valence-electron chi connectivity index (χ1n) is 7.90. The van der Waals surface area contributed by atoms with Gasteiger partial charge in [-0.3, -0.25) is 9.59 Å². The van der Waals surface area contributed by atoms with Crippen LogP contribution in [-0.2, 0) is 4.79 Å². The molecule has 1 aromatic carbocycles. The normalized spacial score (nSPS) is 11.4. The first-order valence-corrected chi connectivity index (χ1v) is 7.90. The van der Waals surface area contributed by atoms with Crippen molar-refractivity contribution < 1.29 is 14.1 Å². The Bertz CT molecular complexity index is 742. The fourth-order valence-corrected chi connectivity index (χ4v) is 2.29. The predicted octanol–water partition coefficient (Wildman–Crippen LogP) is 2.66. The topological polar surface area (TPSA) is 75.4 Å². The summed E-state index contributed by atoms with van der Waals surface area (Å²) >= 11 is 0. The highest BCUT2D eigenvalue weighted by Crippen LogP contribution is 2.19. The van der Waals surface area contributed by atoms with Crippen molar-refractivity contribution in [2.45, 2.75) is 13.0 Å². The van der Waals surface area contributed by atoms with Crippen LogP contribution in [0.4, 0.5) is 0 Å². The molecule has 1 atom stereocenters. The van der Waals surface area contributed by atoms with Crippen LogP contribution < -0.4 is 5.32 Å². The van der Waals surface area contributed by atoms with Crippen LogP contribution in [-0.4, -0.2) is 41.0 Å². The molecule has 130 valence electrons. The molecule has 1 unspecified atom stereocenters. The van der Waals surface area contributed by atoms with Crippen LogP contribution in [0.5, 0.6) is 0 Å². The van der Waals surface area contributed by atoms with E-state index in [9.17, 15) is 9.59 Å². The zero-order chi connectivity index (χ0) is 18.2. The Morgan fingerprint density at radius 1 is 1.24 bits per heavy atom. The lowest BCUT2D eigenvalue weighted by molar-refractivity contribution is -0.131. The van der Waals surface area contributed by atoms with E-state index in [4.69, 9.17) is 4.52 Å². The molecule has 0 radical (unpaired) electrons. The first kappa shape index (κ1) is 18.2. The van der Waals surface area contributed by atoms with E-state index in [1.807, 2.05) is 30.3 Å². The van der Waals surface area contributed by atoms with Crippen LogP contribution in [0.25, 0.3) is 11.3 Å². The van der Waals surface area contributed by atoms with Gasteiger partial charge in [-0.2, -0.15) is 0 Å². The Hall–Kier alpha value is -3.15. The molecule has 0 bridgehead atoms. The third kappa shape index (κ3) is 4.67. The van der Waals surface area contributed by atoms with Gasteiger partial charge in [0.15, 0.2) is 11.5 Å². The zero-order valence-electron chi connectivity index (χ0n) is 14.1. The zero-order valence-corrected chi connectivity index (χ0v) is 14.1. The number of amides is 2. The second-order valence-corrected chi connectivity index (χ2v) is 5.46. The summed E-state index contributed by atoms with van der Waals surface area (Å²) in [4.78, 5) is 26.2. The minimum atomic E-state index is -0.704. The summed E-state index contributed by atoms with van der Waals surface area (Å²) in [6, 6.07) is 10.2. The van der Waals surface area contributed by atoms with Gasteiger partial charge in [-0.05, 0) is 6.92 Å². The third-order valence-corrected chi connectivity index (χ3v) is 3.53. The van der Waals surface area contributed by atoms with Gasteiger partial charge in [0.05, 0.1) is 0 Å². The van der Waals surface area contributed by atoms with Crippen molar-refractivity contribution in [3.05, 3.63) is 67.4 Å². The molecule has 6 nitrogen and oxygen atoms in total. The van der Waals surface area contributed by atoms with Crippen LogP contribution in [0.3, 0.4) is 0 Å². The SMILES string of the molecule is C=CCN(CC=C)C(=O)C(C)NC(=O)c1cc(-c2ccccc2)on1. The smallest absolute Gasteiger partial charge is 0.274 e. The summed E-state index contributed by atoms with van der Waals surface area (Å²) in [5, 5.41) is 6.41. The van der Waals surface area contributed by atoms with Crippen LogP contribution >= 0.6 is 0 Å². The summed E-state index contributed by atoms with van der Waals surface area (Å²) in [7, 11) is 0. The number of rotatable bonds is 8. The average Bonchev–Trinajstić information content (AvgIpc) is 3.12. The molecule has 0 fully saturated rings. The molecular weight excluding hydrogens is 318 g/mol. The molecular formula is C19H21N3O3. The van der Waals surface area contributed by atoms with Gasteiger partial charge in [-0.1, -0.05) is 47.6 Å². The molecule has 0 saturated heterocycles. The maximum atomic E-state index is 12.4. The number of nitrogens with one attached hydrogen (secondary N) is 1. The largest absolute Gasteiger partial charge is 0.355 e. The van der Waals surface area contributed by atoms with Gasteiger partial charge in [-0.25, -0.2) is 0 Å². The van der Waals surface area contributed by atoms with E-state index in [0.717, 1.165) is 5.56 Å². The molecule has 0 saturated carbocycles. The quantitative estimate of drug-likeness (QED) is 0.750. The van der Waals surface area contributed by atoms with Crippen LogP contribution in [0, 0.1) is 0 Å². The van der Waals surface area contributed by atoms with Gasteiger partial charge < -0.3 is 14.7 Å². The lowest BCUT2D eigenvalue weighted by Gasteiger charge is -2.23. The van der Waals surface area contributed by atoms with Crippen molar-refractivity contribution in [1.29, 1.82) is 0 Å². The lowest BCUT2D eigenvalue weighted by Crippen LogP contribution is -2.47. The number of carbonyl (C=O) groups excluding carboxylic acids is 2.